The van der Waals surface area contributed by atoms with Crippen LogP contribution in [-0.2, 0) is 17.8 Å². The molecule has 0 atom stereocenters. The second-order valence-corrected chi connectivity index (χ2v) is 7.65. The van der Waals surface area contributed by atoms with Gasteiger partial charge in [0.25, 0.3) is 0 Å². The number of methoxy groups -OCH3 is 2. The van der Waals surface area contributed by atoms with Crippen molar-refractivity contribution in [3.63, 3.8) is 0 Å². The molecule has 1 heterocycles. The molecule has 6 nitrogen and oxygen atoms in total. The molecule has 164 valence electrons. The van der Waals surface area contributed by atoms with Crippen LogP contribution < -0.4 is 25.4 Å². The number of nitrogen functional groups attached to an aromatic ring is 1. The zero-order chi connectivity index (χ0) is 22.5. The van der Waals surface area contributed by atoms with E-state index in [1.165, 1.54) is 17.2 Å². The molecule has 3 aromatic carbocycles. The minimum atomic E-state index is -0.219. The summed E-state index contributed by atoms with van der Waals surface area (Å²) in [5.74, 6) is 1.31. The highest BCUT2D eigenvalue weighted by Crippen LogP contribution is 2.34. The fraction of sp³-hybridized carbons (Fsp3) is 0.192. The Balaban J connectivity index is 1.41. The van der Waals surface area contributed by atoms with Crippen molar-refractivity contribution in [2.24, 2.45) is 0 Å². The largest absolute Gasteiger partial charge is 0.493 e. The second kappa shape index (κ2) is 9.47. The predicted octanol–water partition coefficient (Wildman–Crippen LogP) is 4.50. The number of hydrogen-bond acceptors (Lipinski definition) is 5. The minimum Gasteiger partial charge on any atom is -0.493 e. The first-order valence-electron chi connectivity index (χ1n) is 10.5. The van der Waals surface area contributed by atoms with Crippen LogP contribution in [0, 0.1) is 0 Å². The molecule has 3 aromatic rings. The number of ether oxygens (including phenoxy) is 2. The molecule has 4 rings (SSSR count). The summed E-state index contributed by atoms with van der Waals surface area (Å²) in [6.45, 7) is 1.74. The molecule has 0 radical (unpaired) electrons. The molecule has 1 aliphatic rings. The molecule has 0 spiro atoms. The van der Waals surface area contributed by atoms with E-state index in [4.69, 9.17) is 15.2 Å². The number of amides is 1. The molecule has 1 amide bonds. The summed E-state index contributed by atoms with van der Waals surface area (Å²) >= 11 is 0. The van der Waals surface area contributed by atoms with Crippen molar-refractivity contribution in [2.75, 3.05) is 36.7 Å². The van der Waals surface area contributed by atoms with Crippen LogP contribution in [-0.4, -0.2) is 26.7 Å². The zero-order valence-electron chi connectivity index (χ0n) is 18.3. The van der Waals surface area contributed by atoms with Gasteiger partial charge in [0.1, 0.15) is 0 Å². The van der Waals surface area contributed by atoms with Crippen LogP contribution in [0.15, 0.2) is 66.7 Å². The molecule has 0 aromatic heterocycles. The topological polar surface area (TPSA) is 76.8 Å². The lowest BCUT2D eigenvalue weighted by molar-refractivity contribution is -0.111. The number of benzene rings is 3. The normalized spacial score (nSPS) is 13.0. The maximum Gasteiger partial charge on any atom is 0.248 e. The summed E-state index contributed by atoms with van der Waals surface area (Å²) in [5, 5.41) is 2.79. The van der Waals surface area contributed by atoms with Crippen LogP contribution in [0.25, 0.3) is 6.08 Å². The van der Waals surface area contributed by atoms with Gasteiger partial charge in [0.2, 0.25) is 5.91 Å². The number of para-hydroxylation sites is 2. The van der Waals surface area contributed by atoms with Crippen molar-refractivity contribution >= 4 is 29.0 Å². The maximum absolute atomic E-state index is 12.2. The van der Waals surface area contributed by atoms with Crippen molar-refractivity contribution in [3.8, 4) is 11.5 Å². The molecular weight excluding hydrogens is 402 g/mol. The Kier molecular flexibility index (Phi) is 6.31. The molecule has 0 aliphatic carbocycles. The van der Waals surface area contributed by atoms with Gasteiger partial charge < -0.3 is 25.4 Å². The third-order valence-electron chi connectivity index (χ3n) is 5.62. The monoisotopic (exact) mass is 429 g/mol. The SMILES string of the molecule is COc1cc2c(cc1OC)CN(c1ccc(C=CC(=O)Nc3ccccc3N)cc1)CC2. The fourth-order valence-corrected chi connectivity index (χ4v) is 3.86. The Morgan fingerprint density at radius 3 is 2.38 bits per heavy atom. The lowest BCUT2D eigenvalue weighted by Crippen LogP contribution is -2.30. The van der Waals surface area contributed by atoms with E-state index in [2.05, 4.69) is 34.5 Å². The number of nitrogens with zero attached hydrogens (tertiary/aromatic N) is 1. The van der Waals surface area contributed by atoms with Gasteiger partial charge in [-0.1, -0.05) is 24.3 Å². The van der Waals surface area contributed by atoms with Crippen LogP contribution >= 0.6 is 0 Å². The Hall–Kier alpha value is -3.93. The quantitative estimate of drug-likeness (QED) is 0.446. The predicted molar refractivity (Wildman–Crippen MR) is 129 cm³/mol. The maximum atomic E-state index is 12.2. The number of anilines is 3. The first kappa shape index (κ1) is 21.3. The highest BCUT2D eigenvalue weighted by molar-refractivity contribution is 6.03. The van der Waals surface area contributed by atoms with E-state index in [1.807, 2.05) is 24.3 Å². The van der Waals surface area contributed by atoms with E-state index in [0.717, 1.165) is 42.3 Å². The number of fused-ring (bicyclic) bond motifs is 1. The number of hydrogen-bond donors (Lipinski definition) is 2. The van der Waals surface area contributed by atoms with Gasteiger partial charge in [0.15, 0.2) is 11.5 Å². The molecule has 0 fully saturated rings. The van der Waals surface area contributed by atoms with E-state index >= 15 is 0 Å². The minimum absolute atomic E-state index is 0.219. The molecule has 6 heteroatoms. The van der Waals surface area contributed by atoms with Crippen LogP contribution in [0.4, 0.5) is 17.1 Å². The van der Waals surface area contributed by atoms with E-state index in [1.54, 1.807) is 32.4 Å². The average Bonchev–Trinajstić information content (AvgIpc) is 2.83. The van der Waals surface area contributed by atoms with E-state index < -0.39 is 0 Å². The van der Waals surface area contributed by atoms with Crippen molar-refractivity contribution in [1.82, 2.24) is 0 Å². The first-order valence-corrected chi connectivity index (χ1v) is 10.5. The molecule has 0 unspecified atom stereocenters. The molecular formula is C26H27N3O3. The number of rotatable bonds is 6. The highest BCUT2D eigenvalue weighted by atomic mass is 16.5. The number of nitrogens with one attached hydrogen (secondary N) is 1. The van der Waals surface area contributed by atoms with Crippen LogP contribution in [0.1, 0.15) is 16.7 Å². The lowest BCUT2D eigenvalue weighted by Gasteiger charge is -2.31. The molecule has 0 bridgehead atoms. The first-order chi connectivity index (χ1) is 15.6. The Bertz CT molecular complexity index is 1140. The van der Waals surface area contributed by atoms with E-state index in [0.29, 0.717) is 11.4 Å². The van der Waals surface area contributed by atoms with Gasteiger partial charge in [-0.3, -0.25) is 4.79 Å². The molecule has 0 saturated heterocycles. The van der Waals surface area contributed by atoms with Crippen molar-refractivity contribution < 1.29 is 14.3 Å². The van der Waals surface area contributed by atoms with Gasteiger partial charge >= 0.3 is 0 Å². The number of carbonyl (C=O) groups excluding carboxylic acids is 1. The summed E-state index contributed by atoms with van der Waals surface area (Å²) in [5.41, 5.74) is 11.7. The van der Waals surface area contributed by atoms with Gasteiger partial charge in [0.05, 0.1) is 25.6 Å². The number of nitrogens with two attached hydrogens (primary N) is 1. The lowest BCUT2D eigenvalue weighted by atomic mass is 9.98. The standard InChI is InChI=1S/C26H27N3O3/c1-31-24-15-19-13-14-29(17-20(19)16-25(24)32-2)21-10-7-18(8-11-21)9-12-26(30)28-23-6-4-3-5-22(23)27/h3-12,15-16H,13-14,17,27H2,1-2H3,(H,28,30). The van der Waals surface area contributed by atoms with Crippen LogP contribution in [0.5, 0.6) is 11.5 Å². The van der Waals surface area contributed by atoms with Gasteiger partial charge in [0, 0.05) is 24.9 Å². The average molecular weight is 430 g/mol. The third-order valence-corrected chi connectivity index (χ3v) is 5.62. The third kappa shape index (κ3) is 4.70. The smallest absolute Gasteiger partial charge is 0.248 e. The van der Waals surface area contributed by atoms with Gasteiger partial charge in [-0.2, -0.15) is 0 Å². The van der Waals surface area contributed by atoms with E-state index in [-0.39, 0.29) is 5.91 Å². The zero-order valence-corrected chi connectivity index (χ0v) is 18.3. The molecule has 3 N–H and O–H groups in total. The van der Waals surface area contributed by atoms with Crippen LogP contribution in [0.2, 0.25) is 0 Å². The van der Waals surface area contributed by atoms with Crippen molar-refractivity contribution in [1.29, 1.82) is 0 Å². The van der Waals surface area contributed by atoms with E-state index in [9.17, 15) is 4.79 Å². The molecule has 1 aliphatic heterocycles. The molecule has 32 heavy (non-hydrogen) atoms. The summed E-state index contributed by atoms with van der Waals surface area (Å²) in [6.07, 6.45) is 4.25. The summed E-state index contributed by atoms with van der Waals surface area (Å²) in [4.78, 5) is 14.5. The van der Waals surface area contributed by atoms with Gasteiger partial charge in [-0.05, 0) is 65.6 Å². The Morgan fingerprint density at radius 2 is 1.69 bits per heavy atom. The summed E-state index contributed by atoms with van der Waals surface area (Å²) < 4.78 is 10.9. The fourth-order valence-electron chi connectivity index (χ4n) is 3.86. The number of carbonyl (C=O) groups is 1. The molecule has 0 saturated carbocycles. The van der Waals surface area contributed by atoms with Crippen molar-refractivity contribution in [3.05, 3.63) is 83.4 Å². The Labute approximate surface area is 188 Å². The Morgan fingerprint density at radius 1 is 1.00 bits per heavy atom. The second-order valence-electron chi connectivity index (χ2n) is 7.65. The highest BCUT2D eigenvalue weighted by Gasteiger charge is 2.19. The van der Waals surface area contributed by atoms with Gasteiger partial charge in [-0.15, -0.1) is 0 Å². The van der Waals surface area contributed by atoms with Gasteiger partial charge in [-0.25, -0.2) is 0 Å². The van der Waals surface area contributed by atoms with Crippen molar-refractivity contribution in [2.45, 2.75) is 13.0 Å². The summed E-state index contributed by atoms with van der Waals surface area (Å²) in [7, 11) is 3.32. The summed E-state index contributed by atoms with van der Waals surface area (Å²) in [6, 6.07) is 19.5. The van der Waals surface area contributed by atoms with Crippen LogP contribution in [0.3, 0.4) is 0 Å².